The predicted molar refractivity (Wildman–Crippen MR) is 127 cm³/mol. The molecule has 0 radical (unpaired) electrons. The third kappa shape index (κ3) is 4.71. The number of phenols is 2. The average Bonchev–Trinajstić information content (AvgIpc) is 3.29. The van der Waals surface area contributed by atoms with Gasteiger partial charge in [0.05, 0.1) is 13.2 Å². The van der Waals surface area contributed by atoms with E-state index in [0.717, 1.165) is 49.5 Å². The molecule has 3 aromatic rings. The number of carbonyl (C=O) groups is 1. The summed E-state index contributed by atoms with van der Waals surface area (Å²) in [4.78, 5) is 17.6. The Morgan fingerprint density at radius 3 is 2.56 bits per heavy atom. The summed E-state index contributed by atoms with van der Waals surface area (Å²) in [6.07, 6.45) is 0. The first-order valence-electron chi connectivity index (χ1n) is 11.5. The fourth-order valence-corrected chi connectivity index (χ4v) is 4.59. The van der Waals surface area contributed by atoms with Gasteiger partial charge in [-0.15, -0.1) is 0 Å². The Morgan fingerprint density at radius 2 is 1.76 bits per heavy atom. The second-order valence-electron chi connectivity index (χ2n) is 8.72. The van der Waals surface area contributed by atoms with Crippen molar-refractivity contribution < 1.29 is 24.5 Å². The highest BCUT2D eigenvalue weighted by molar-refractivity contribution is 6.00. The van der Waals surface area contributed by atoms with Crippen molar-refractivity contribution in [2.75, 3.05) is 26.3 Å². The quantitative estimate of drug-likeness (QED) is 0.584. The van der Waals surface area contributed by atoms with E-state index in [1.54, 1.807) is 4.90 Å². The number of aromatic hydroxyl groups is 2. The van der Waals surface area contributed by atoms with E-state index in [1.165, 1.54) is 17.7 Å². The van der Waals surface area contributed by atoms with E-state index in [1.807, 2.05) is 36.4 Å². The first-order valence-corrected chi connectivity index (χ1v) is 11.5. The summed E-state index contributed by atoms with van der Waals surface area (Å²) in [7, 11) is 0. The zero-order valence-electron chi connectivity index (χ0n) is 18.9. The maximum absolute atomic E-state index is 13.6. The molecule has 0 unspecified atom stereocenters. The van der Waals surface area contributed by atoms with Crippen LogP contribution in [0.25, 0.3) is 0 Å². The van der Waals surface area contributed by atoms with Gasteiger partial charge in [-0.2, -0.15) is 0 Å². The lowest BCUT2D eigenvalue weighted by atomic mass is 10.0. The molecule has 2 heterocycles. The van der Waals surface area contributed by atoms with E-state index in [0.29, 0.717) is 13.1 Å². The number of morpholine rings is 1. The minimum absolute atomic E-state index is 0.0660. The van der Waals surface area contributed by atoms with Gasteiger partial charge in [-0.1, -0.05) is 48.5 Å². The van der Waals surface area contributed by atoms with Crippen molar-refractivity contribution in [1.82, 2.24) is 9.80 Å². The van der Waals surface area contributed by atoms with Gasteiger partial charge in [0.1, 0.15) is 29.4 Å². The molecule has 7 nitrogen and oxygen atoms in total. The van der Waals surface area contributed by atoms with Crippen molar-refractivity contribution in [1.29, 1.82) is 0 Å². The number of hydrogen-bond donors (Lipinski definition) is 2. The van der Waals surface area contributed by atoms with E-state index in [2.05, 4.69) is 17.0 Å². The van der Waals surface area contributed by atoms with Gasteiger partial charge in [-0.05, 0) is 22.3 Å². The third-order valence-electron chi connectivity index (χ3n) is 6.38. The summed E-state index contributed by atoms with van der Waals surface area (Å²) in [5.74, 6) is -0.614. The summed E-state index contributed by atoms with van der Waals surface area (Å²) >= 11 is 0. The number of ether oxygens (including phenoxy) is 2. The van der Waals surface area contributed by atoms with Gasteiger partial charge in [0.15, 0.2) is 0 Å². The van der Waals surface area contributed by atoms with Gasteiger partial charge in [-0.25, -0.2) is 0 Å². The van der Waals surface area contributed by atoms with Crippen LogP contribution in [0.15, 0.2) is 60.7 Å². The molecule has 5 rings (SSSR count). The van der Waals surface area contributed by atoms with E-state index in [9.17, 15) is 15.0 Å². The third-order valence-corrected chi connectivity index (χ3v) is 6.38. The van der Waals surface area contributed by atoms with Gasteiger partial charge >= 0.3 is 0 Å². The van der Waals surface area contributed by atoms with Crippen LogP contribution in [0, 0.1) is 0 Å². The van der Waals surface area contributed by atoms with Crippen LogP contribution in [0.3, 0.4) is 0 Å². The van der Waals surface area contributed by atoms with Crippen molar-refractivity contribution in [2.45, 2.75) is 26.2 Å². The Morgan fingerprint density at radius 1 is 0.971 bits per heavy atom. The van der Waals surface area contributed by atoms with E-state index in [-0.39, 0.29) is 35.3 Å². The van der Waals surface area contributed by atoms with Crippen molar-refractivity contribution in [2.24, 2.45) is 0 Å². The van der Waals surface area contributed by atoms with Crippen molar-refractivity contribution in [3.63, 3.8) is 0 Å². The van der Waals surface area contributed by atoms with Crippen LogP contribution >= 0.6 is 0 Å². The summed E-state index contributed by atoms with van der Waals surface area (Å²) in [6, 6.07) is 18.3. The van der Waals surface area contributed by atoms with Crippen LogP contribution in [0.2, 0.25) is 0 Å². The van der Waals surface area contributed by atoms with Crippen LogP contribution in [0.1, 0.15) is 32.6 Å². The van der Waals surface area contributed by atoms with Crippen molar-refractivity contribution in [3.8, 4) is 17.2 Å². The van der Waals surface area contributed by atoms with Crippen molar-refractivity contribution >= 4 is 5.91 Å². The molecule has 0 aromatic heterocycles. The molecular weight excluding hydrogens is 432 g/mol. The molecule has 2 aliphatic rings. The summed E-state index contributed by atoms with van der Waals surface area (Å²) < 4.78 is 11.3. The molecule has 7 heteroatoms. The number of phenolic OH excluding ortho intramolecular Hbond substituents is 2. The zero-order chi connectivity index (χ0) is 23.5. The smallest absolute Gasteiger partial charge is 0.262 e. The van der Waals surface area contributed by atoms with Gasteiger partial charge in [0.2, 0.25) is 0 Å². The highest BCUT2D eigenvalue weighted by Gasteiger charge is 2.30. The predicted octanol–water partition coefficient (Wildman–Crippen LogP) is 3.67. The van der Waals surface area contributed by atoms with Crippen LogP contribution in [0.4, 0.5) is 0 Å². The molecule has 0 bridgehead atoms. The molecule has 1 saturated heterocycles. The lowest BCUT2D eigenvalue weighted by Crippen LogP contribution is -2.36. The fourth-order valence-electron chi connectivity index (χ4n) is 4.59. The molecule has 1 fully saturated rings. The molecule has 2 N–H and O–H groups in total. The zero-order valence-corrected chi connectivity index (χ0v) is 18.9. The summed E-state index contributed by atoms with van der Waals surface area (Å²) in [6.45, 7) is 5.25. The Balaban J connectivity index is 1.36. The largest absolute Gasteiger partial charge is 0.508 e. The highest BCUT2D eigenvalue weighted by Crippen LogP contribution is 2.37. The molecule has 0 spiro atoms. The number of nitrogens with zero attached hydrogens (tertiary/aromatic N) is 2. The number of rotatable bonds is 6. The summed E-state index contributed by atoms with van der Waals surface area (Å²) in [5.41, 5.74) is 4.48. The summed E-state index contributed by atoms with van der Waals surface area (Å²) in [5, 5.41) is 20.6. The second kappa shape index (κ2) is 9.75. The number of amides is 1. The minimum atomic E-state index is -0.325. The molecule has 0 atom stereocenters. The normalized spacial score (nSPS) is 15.8. The Hall–Kier alpha value is -3.55. The molecule has 0 aliphatic carbocycles. The minimum Gasteiger partial charge on any atom is -0.508 e. The Bertz CT molecular complexity index is 1180. The van der Waals surface area contributed by atoms with Crippen LogP contribution < -0.4 is 4.74 Å². The fraction of sp³-hybridized carbons (Fsp3) is 0.296. The van der Waals surface area contributed by atoms with E-state index >= 15 is 0 Å². The van der Waals surface area contributed by atoms with Crippen molar-refractivity contribution in [3.05, 3.63) is 88.5 Å². The first-order chi connectivity index (χ1) is 16.6. The first kappa shape index (κ1) is 22.3. The van der Waals surface area contributed by atoms with Crippen LogP contribution in [-0.4, -0.2) is 52.2 Å². The maximum Gasteiger partial charge on any atom is 0.262 e. The second-order valence-corrected chi connectivity index (χ2v) is 8.72. The molecule has 34 heavy (non-hydrogen) atoms. The van der Waals surface area contributed by atoms with E-state index < -0.39 is 0 Å². The monoisotopic (exact) mass is 460 g/mol. The van der Waals surface area contributed by atoms with E-state index in [4.69, 9.17) is 9.47 Å². The molecule has 0 saturated carbocycles. The van der Waals surface area contributed by atoms with Crippen LogP contribution in [-0.2, 0) is 31.0 Å². The SMILES string of the molecule is O=C(c1c(O)cc(O)cc1OCc1ccccc1)N1Cc2cccc(CN3CCOCC3)c2C1. The Labute approximate surface area is 198 Å². The lowest BCUT2D eigenvalue weighted by molar-refractivity contribution is 0.0340. The lowest BCUT2D eigenvalue weighted by Gasteiger charge is -2.27. The van der Waals surface area contributed by atoms with Gasteiger partial charge in [-0.3, -0.25) is 9.69 Å². The topological polar surface area (TPSA) is 82.5 Å². The van der Waals surface area contributed by atoms with Gasteiger partial charge in [0, 0.05) is 44.9 Å². The van der Waals surface area contributed by atoms with Gasteiger partial charge < -0.3 is 24.6 Å². The number of carbonyl (C=O) groups excluding carboxylic acids is 1. The molecule has 1 amide bonds. The molecule has 3 aromatic carbocycles. The highest BCUT2D eigenvalue weighted by atomic mass is 16.5. The number of benzene rings is 3. The average molecular weight is 461 g/mol. The molecule has 176 valence electrons. The molecular formula is C27H28N2O5. The molecule has 2 aliphatic heterocycles. The standard InChI is InChI=1S/C27H28N2O5/c30-22-13-24(31)26(25(14-22)34-18-19-5-2-1-3-6-19)27(32)29-16-21-8-4-7-20(23(21)17-29)15-28-9-11-33-12-10-28/h1-8,13-14,30-31H,9-12,15-18H2. The van der Waals surface area contributed by atoms with Crippen LogP contribution in [0.5, 0.6) is 17.2 Å². The maximum atomic E-state index is 13.6. The van der Waals surface area contributed by atoms with Gasteiger partial charge in [0.25, 0.3) is 5.91 Å². The number of fused-ring (bicyclic) bond motifs is 1. The Kier molecular flexibility index (Phi) is 6.38. The number of hydrogen-bond acceptors (Lipinski definition) is 6.